The zero-order chi connectivity index (χ0) is 39.6. The number of rotatable bonds is 6. The third kappa shape index (κ3) is 5.44. The highest BCUT2D eigenvalue weighted by Crippen LogP contribution is 2.44. The SMILES string of the molecule is c1ccc(-c2nc(-c3ccccc3)nc(-c3cc(-n4c5ccccc5c5ccccc54)c(-c4ccc5ccccc5c4)c(-n4c5ccccc5c5ccccc54)c3)n2)cc1. The fraction of sp³-hybridized carbons (Fsp3) is 0. The number of aromatic nitrogens is 5. The molecule has 0 spiro atoms. The topological polar surface area (TPSA) is 48.5 Å². The molecule has 0 unspecified atom stereocenters. The Morgan fingerprint density at radius 2 is 0.633 bits per heavy atom. The molecule has 0 atom stereocenters. The highest BCUT2D eigenvalue weighted by atomic mass is 15.1. The largest absolute Gasteiger partial charge is 0.309 e. The second kappa shape index (κ2) is 13.8. The molecule has 9 aromatic carbocycles. The van der Waals surface area contributed by atoms with E-state index in [9.17, 15) is 0 Å². The molecule has 12 rings (SSSR count). The Balaban J connectivity index is 1.28. The lowest BCUT2D eigenvalue weighted by molar-refractivity contribution is 1.07. The van der Waals surface area contributed by atoms with Crippen molar-refractivity contribution in [2.45, 2.75) is 0 Å². The van der Waals surface area contributed by atoms with Gasteiger partial charge in [-0.15, -0.1) is 0 Å². The van der Waals surface area contributed by atoms with Crippen LogP contribution in [0.3, 0.4) is 0 Å². The van der Waals surface area contributed by atoms with E-state index in [0.717, 1.165) is 61.3 Å². The van der Waals surface area contributed by atoms with Gasteiger partial charge < -0.3 is 9.13 Å². The standard InChI is InChI=1S/C55H35N5/c1-3-18-37(19-4-1)53-56-54(38-20-5-2-6-21-38)58-55(57-53)41-34-50(59-46-27-13-9-23-42(46)43-24-10-14-28-47(43)59)52(40-32-31-36-17-7-8-22-39(36)33-40)51(35-41)60-48-29-15-11-25-44(48)45-26-12-16-30-49(45)60/h1-35H. The summed E-state index contributed by atoms with van der Waals surface area (Å²) in [4.78, 5) is 15.7. The fourth-order valence-electron chi connectivity index (χ4n) is 9.04. The zero-order valence-corrected chi connectivity index (χ0v) is 32.4. The smallest absolute Gasteiger partial charge is 0.164 e. The Hall–Kier alpha value is -8.15. The van der Waals surface area contributed by atoms with Gasteiger partial charge in [0.2, 0.25) is 0 Å². The van der Waals surface area contributed by atoms with E-state index in [0.29, 0.717) is 17.5 Å². The van der Waals surface area contributed by atoms with Crippen molar-refractivity contribution in [3.8, 4) is 56.7 Å². The molecule has 0 N–H and O–H groups in total. The van der Waals surface area contributed by atoms with Gasteiger partial charge in [-0.1, -0.05) is 170 Å². The van der Waals surface area contributed by atoms with Gasteiger partial charge in [-0.3, -0.25) is 0 Å². The molecular weight excluding hydrogens is 731 g/mol. The number of hydrogen-bond donors (Lipinski definition) is 0. The number of nitrogens with zero attached hydrogens (tertiary/aromatic N) is 5. The number of para-hydroxylation sites is 4. The maximum absolute atomic E-state index is 5.30. The van der Waals surface area contributed by atoms with Gasteiger partial charge in [0, 0.05) is 43.8 Å². The Kier molecular flexibility index (Phi) is 7.78. The van der Waals surface area contributed by atoms with Gasteiger partial charge in [0.15, 0.2) is 17.5 Å². The molecule has 0 saturated carbocycles. The minimum absolute atomic E-state index is 0.594. The van der Waals surface area contributed by atoms with Gasteiger partial charge in [0.25, 0.3) is 0 Å². The molecule has 0 aliphatic heterocycles. The summed E-state index contributed by atoms with van der Waals surface area (Å²) in [5.74, 6) is 1.83. The molecule has 5 heteroatoms. The average Bonchev–Trinajstić information content (AvgIpc) is 3.84. The minimum atomic E-state index is 0.594. The summed E-state index contributed by atoms with van der Waals surface area (Å²) in [5.41, 5.74) is 11.5. The molecule has 0 amide bonds. The summed E-state index contributed by atoms with van der Waals surface area (Å²) in [5, 5.41) is 7.15. The summed E-state index contributed by atoms with van der Waals surface area (Å²) in [6.45, 7) is 0. The van der Waals surface area contributed by atoms with Crippen LogP contribution in [0, 0.1) is 0 Å². The first-order valence-electron chi connectivity index (χ1n) is 20.3. The fourth-order valence-corrected chi connectivity index (χ4v) is 9.04. The van der Waals surface area contributed by atoms with Crippen LogP contribution >= 0.6 is 0 Å². The first kappa shape index (κ1) is 33.9. The molecule has 5 nitrogen and oxygen atoms in total. The van der Waals surface area contributed by atoms with Gasteiger partial charge in [0.1, 0.15) is 0 Å². The highest BCUT2D eigenvalue weighted by Gasteiger charge is 2.25. The molecule has 0 saturated heterocycles. The Morgan fingerprint density at radius 3 is 1.08 bits per heavy atom. The van der Waals surface area contributed by atoms with E-state index < -0.39 is 0 Å². The second-order valence-corrected chi connectivity index (χ2v) is 15.2. The van der Waals surface area contributed by atoms with Crippen LogP contribution in [0.2, 0.25) is 0 Å². The summed E-state index contributed by atoms with van der Waals surface area (Å²) in [7, 11) is 0. The predicted octanol–water partition coefficient (Wildman–Crippen LogP) is 13.9. The monoisotopic (exact) mass is 765 g/mol. The molecule has 0 bridgehead atoms. The van der Waals surface area contributed by atoms with Crippen LogP contribution in [-0.4, -0.2) is 24.1 Å². The summed E-state index contributed by atoms with van der Waals surface area (Å²) >= 11 is 0. The third-order valence-corrected chi connectivity index (χ3v) is 11.7. The van der Waals surface area contributed by atoms with Crippen LogP contribution < -0.4 is 0 Å². The van der Waals surface area contributed by atoms with Crippen LogP contribution in [-0.2, 0) is 0 Å². The van der Waals surface area contributed by atoms with Crippen LogP contribution in [0.5, 0.6) is 0 Å². The molecule has 12 aromatic rings. The van der Waals surface area contributed by atoms with Gasteiger partial charge in [0.05, 0.1) is 33.4 Å². The molecule has 0 aliphatic rings. The van der Waals surface area contributed by atoms with E-state index >= 15 is 0 Å². The van der Waals surface area contributed by atoms with Crippen molar-refractivity contribution < 1.29 is 0 Å². The molecular formula is C55H35N5. The lowest BCUT2D eigenvalue weighted by Crippen LogP contribution is -2.06. The van der Waals surface area contributed by atoms with Crippen LogP contribution in [0.25, 0.3) is 111 Å². The lowest BCUT2D eigenvalue weighted by atomic mass is 9.95. The molecule has 280 valence electrons. The number of fused-ring (bicyclic) bond motifs is 7. The van der Waals surface area contributed by atoms with Crippen molar-refractivity contribution in [2.75, 3.05) is 0 Å². The molecule has 3 heterocycles. The lowest BCUT2D eigenvalue weighted by Gasteiger charge is -2.22. The van der Waals surface area contributed by atoms with Crippen LogP contribution in [0.1, 0.15) is 0 Å². The van der Waals surface area contributed by atoms with Crippen molar-refractivity contribution in [3.05, 3.63) is 212 Å². The Morgan fingerprint density at radius 1 is 0.267 bits per heavy atom. The van der Waals surface area contributed by atoms with Gasteiger partial charge in [-0.05, 0) is 58.8 Å². The van der Waals surface area contributed by atoms with E-state index in [4.69, 9.17) is 15.0 Å². The van der Waals surface area contributed by atoms with Crippen molar-refractivity contribution in [3.63, 3.8) is 0 Å². The van der Waals surface area contributed by atoms with Crippen molar-refractivity contribution in [1.82, 2.24) is 24.1 Å². The average molecular weight is 766 g/mol. The maximum atomic E-state index is 5.30. The van der Waals surface area contributed by atoms with Crippen LogP contribution in [0.15, 0.2) is 212 Å². The van der Waals surface area contributed by atoms with Crippen molar-refractivity contribution in [1.29, 1.82) is 0 Å². The minimum Gasteiger partial charge on any atom is -0.309 e. The quantitative estimate of drug-likeness (QED) is 0.169. The van der Waals surface area contributed by atoms with E-state index in [1.165, 1.54) is 32.3 Å². The number of hydrogen-bond acceptors (Lipinski definition) is 3. The highest BCUT2D eigenvalue weighted by molar-refractivity contribution is 6.12. The molecule has 60 heavy (non-hydrogen) atoms. The molecule has 0 fully saturated rings. The van der Waals surface area contributed by atoms with E-state index in [2.05, 4.69) is 185 Å². The first-order valence-corrected chi connectivity index (χ1v) is 20.3. The third-order valence-electron chi connectivity index (χ3n) is 11.7. The molecule has 0 aliphatic carbocycles. The Labute approximate surface area is 346 Å². The van der Waals surface area contributed by atoms with Crippen molar-refractivity contribution >= 4 is 54.4 Å². The number of benzene rings is 9. The van der Waals surface area contributed by atoms with Gasteiger partial charge in [-0.2, -0.15) is 0 Å². The summed E-state index contributed by atoms with van der Waals surface area (Å²) < 4.78 is 4.88. The normalized spacial score (nSPS) is 11.7. The van der Waals surface area contributed by atoms with Gasteiger partial charge >= 0.3 is 0 Å². The second-order valence-electron chi connectivity index (χ2n) is 15.2. The van der Waals surface area contributed by atoms with Gasteiger partial charge in [-0.25, -0.2) is 15.0 Å². The first-order chi connectivity index (χ1) is 29.8. The summed E-state index contributed by atoms with van der Waals surface area (Å²) in [6.07, 6.45) is 0. The van der Waals surface area contributed by atoms with E-state index in [-0.39, 0.29) is 0 Å². The molecule has 3 aromatic heterocycles. The summed E-state index contributed by atoms with van der Waals surface area (Å²) in [6, 6.07) is 75.3. The van der Waals surface area contributed by atoms with E-state index in [1.54, 1.807) is 0 Å². The zero-order valence-electron chi connectivity index (χ0n) is 32.4. The predicted molar refractivity (Wildman–Crippen MR) is 248 cm³/mol. The van der Waals surface area contributed by atoms with E-state index in [1.807, 2.05) is 36.4 Å². The molecule has 0 radical (unpaired) electrons. The van der Waals surface area contributed by atoms with Crippen LogP contribution in [0.4, 0.5) is 0 Å². The Bertz CT molecular complexity index is 3300. The maximum Gasteiger partial charge on any atom is 0.164 e. The van der Waals surface area contributed by atoms with Crippen molar-refractivity contribution in [2.24, 2.45) is 0 Å².